The number of imidazole rings is 1. The second-order valence-electron chi connectivity index (χ2n) is 7.71. The largest absolute Gasteiger partial charge is 0.340 e. The van der Waals surface area contributed by atoms with E-state index in [-0.39, 0.29) is 11.5 Å². The Balaban J connectivity index is 1.31. The van der Waals surface area contributed by atoms with Crippen LogP contribution in [0, 0.1) is 0 Å². The summed E-state index contributed by atoms with van der Waals surface area (Å²) in [5.74, 6) is 0.148. The Kier molecular flexibility index (Phi) is 5.87. The van der Waals surface area contributed by atoms with E-state index in [1.807, 2.05) is 4.90 Å². The number of thiophene rings is 1. The Morgan fingerprint density at radius 1 is 1.13 bits per heavy atom. The van der Waals surface area contributed by atoms with Gasteiger partial charge < -0.3 is 9.47 Å². The molecule has 0 bridgehead atoms. The van der Waals surface area contributed by atoms with Crippen LogP contribution in [0.5, 0.6) is 0 Å². The zero-order valence-electron chi connectivity index (χ0n) is 17.3. The number of nitrogens with zero attached hydrogens (tertiary/aromatic N) is 6. The number of fused-ring (bicyclic) bond motifs is 1. The number of carbonyl (C=O) groups is 1. The van der Waals surface area contributed by atoms with Crippen molar-refractivity contribution in [1.29, 1.82) is 0 Å². The average molecular weight is 431 g/mol. The number of hydrogen-bond acceptors (Lipinski definition) is 6. The molecule has 3 aromatic rings. The quantitative estimate of drug-likeness (QED) is 0.572. The molecule has 1 fully saturated rings. The van der Waals surface area contributed by atoms with Crippen molar-refractivity contribution in [3.63, 3.8) is 0 Å². The van der Waals surface area contributed by atoms with Gasteiger partial charge in [0.1, 0.15) is 0 Å². The van der Waals surface area contributed by atoms with Crippen molar-refractivity contribution in [1.82, 2.24) is 28.5 Å². The lowest BCUT2D eigenvalue weighted by Gasteiger charge is -2.34. The van der Waals surface area contributed by atoms with Gasteiger partial charge in [-0.2, -0.15) is 11.3 Å². The van der Waals surface area contributed by atoms with Gasteiger partial charge in [0.15, 0.2) is 11.2 Å². The van der Waals surface area contributed by atoms with Crippen LogP contribution in [0.4, 0.5) is 0 Å². The SMILES string of the molecule is Cn1c(=O)c2c(ncn2CCCC(=O)N2CCN(Cc3ccsc3)CC2)n(C)c1=O. The van der Waals surface area contributed by atoms with Crippen molar-refractivity contribution in [2.75, 3.05) is 26.2 Å². The third kappa shape index (κ3) is 3.97. The summed E-state index contributed by atoms with van der Waals surface area (Å²) in [5.41, 5.74) is 1.34. The number of rotatable bonds is 6. The van der Waals surface area contributed by atoms with E-state index in [9.17, 15) is 14.4 Å². The van der Waals surface area contributed by atoms with Crippen molar-refractivity contribution in [2.45, 2.75) is 25.9 Å². The molecular formula is C20H26N6O3S. The molecular weight excluding hydrogens is 404 g/mol. The first-order valence-electron chi connectivity index (χ1n) is 10.1. The molecule has 0 aromatic carbocycles. The minimum Gasteiger partial charge on any atom is -0.340 e. The van der Waals surface area contributed by atoms with Gasteiger partial charge >= 0.3 is 5.69 Å². The minimum absolute atomic E-state index is 0.148. The molecule has 30 heavy (non-hydrogen) atoms. The van der Waals surface area contributed by atoms with E-state index in [1.165, 1.54) is 17.2 Å². The van der Waals surface area contributed by atoms with Gasteiger partial charge in [-0.05, 0) is 28.8 Å². The maximum atomic E-state index is 12.6. The van der Waals surface area contributed by atoms with Gasteiger partial charge in [0.2, 0.25) is 5.91 Å². The average Bonchev–Trinajstić information content (AvgIpc) is 3.41. The van der Waals surface area contributed by atoms with Crippen LogP contribution >= 0.6 is 11.3 Å². The number of hydrogen-bond donors (Lipinski definition) is 0. The van der Waals surface area contributed by atoms with Crippen LogP contribution in [0.1, 0.15) is 18.4 Å². The molecule has 0 atom stereocenters. The van der Waals surface area contributed by atoms with E-state index >= 15 is 0 Å². The number of aromatic nitrogens is 4. The molecule has 1 amide bonds. The number of carbonyl (C=O) groups excluding carboxylic acids is 1. The monoisotopic (exact) mass is 430 g/mol. The van der Waals surface area contributed by atoms with Gasteiger partial charge in [0, 0.05) is 59.8 Å². The minimum atomic E-state index is -0.397. The Bertz CT molecular complexity index is 1150. The topological polar surface area (TPSA) is 85.4 Å². The number of amides is 1. The summed E-state index contributed by atoms with van der Waals surface area (Å²) in [5, 5.41) is 4.26. The van der Waals surface area contributed by atoms with Crippen molar-refractivity contribution in [3.8, 4) is 0 Å². The van der Waals surface area contributed by atoms with Gasteiger partial charge in [-0.1, -0.05) is 0 Å². The summed E-state index contributed by atoms with van der Waals surface area (Å²) in [6, 6.07) is 2.15. The highest BCUT2D eigenvalue weighted by Crippen LogP contribution is 2.13. The highest BCUT2D eigenvalue weighted by atomic mass is 32.1. The lowest BCUT2D eigenvalue weighted by Crippen LogP contribution is -2.48. The van der Waals surface area contributed by atoms with Crippen molar-refractivity contribution in [3.05, 3.63) is 49.6 Å². The van der Waals surface area contributed by atoms with Gasteiger partial charge in [0.25, 0.3) is 5.56 Å². The standard InChI is InChI=1S/C20H26N6O3S/c1-22-18-17(19(28)23(2)20(22)29)26(14-21-18)6-3-4-16(27)25-9-7-24(8-10-25)12-15-5-11-30-13-15/h5,11,13-14H,3-4,6-10,12H2,1-2H3. The predicted molar refractivity (Wildman–Crippen MR) is 116 cm³/mol. The Morgan fingerprint density at radius 3 is 2.60 bits per heavy atom. The molecule has 4 heterocycles. The fourth-order valence-electron chi connectivity index (χ4n) is 3.92. The second kappa shape index (κ2) is 8.57. The molecule has 1 aliphatic heterocycles. The van der Waals surface area contributed by atoms with E-state index in [0.717, 1.165) is 37.3 Å². The summed E-state index contributed by atoms with van der Waals surface area (Å²) >= 11 is 1.71. The third-order valence-electron chi connectivity index (χ3n) is 5.72. The first-order chi connectivity index (χ1) is 14.5. The first kappa shape index (κ1) is 20.5. The molecule has 3 aromatic heterocycles. The van der Waals surface area contributed by atoms with Gasteiger partial charge in [-0.3, -0.25) is 23.6 Å². The second-order valence-corrected chi connectivity index (χ2v) is 8.49. The molecule has 0 unspecified atom stereocenters. The summed E-state index contributed by atoms with van der Waals surface area (Å²) < 4.78 is 4.19. The molecule has 10 heteroatoms. The maximum Gasteiger partial charge on any atom is 0.332 e. The van der Waals surface area contributed by atoms with E-state index < -0.39 is 5.69 Å². The van der Waals surface area contributed by atoms with Gasteiger partial charge in [-0.25, -0.2) is 9.78 Å². The van der Waals surface area contributed by atoms with Gasteiger partial charge in [0.05, 0.1) is 6.33 Å². The van der Waals surface area contributed by atoms with Crippen LogP contribution in [-0.2, 0) is 32.0 Å². The molecule has 1 aliphatic rings. The smallest absolute Gasteiger partial charge is 0.332 e. The molecule has 0 saturated carbocycles. The summed E-state index contributed by atoms with van der Waals surface area (Å²) in [4.78, 5) is 45.6. The number of piperazine rings is 1. The summed E-state index contributed by atoms with van der Waals surface area (Å²) in [6.07, 6.45) is 2.61. The lowest BCUT2D eigenvalue weighted by molar-refractivity contribution is -0.133. The Morgan fingerprint density at radius 2 is 1.90 bits per heavy atom. The van der Waals surface area contributed by atoms with Crippen LogP contribution in [0.3, 0.4) is 0 Å². The molecule has 0 spiro atoms. The Labute approximate surface area is 177 Å². The van der Waals surface area contributed by atoms with E-state index in [0.29, 0.717) is 30.6 Å². The molecule has 0 N–H and O–H groups in total. The molecule has 9 nitrogen and oxygen atoms in total. The first-order valence-corrected chi connectivity index (χ1v) is 11.0. The fraction of sp³-hybridized carbons (Fsp3) is 0.500. The number of aryl methyl sites for hydroxylation is 2. The highest BCUT2D eigenvalue weighted by molar-refractivity contribution is 7.07. The van der Waals surface area contributed by atoms with Crippen LogP contribution in [-0.4, -0.2) is 60.6 Å². The molecule has 0 aliphatic carbocycles. The van der Waals surface area contributed by atoms with E-state index in [1.54, 1.807) is 29.3 Å². The van der Waals surface area contributed by atoms with Crippen molar-refractivity contribution in [2.24, 2.45) is 14.1 Å². The lowest BCUT2D eigenvalue weighted by atomic mass is 10.2. The predicted octanol–water partition coefficient (Wildman–Crippen LogP) is 0.620. The molecule has 1 saturated heterocycles. The van der Waals surface area contributed by atoms with Crippen molar-refractivity contribution < 1.29 is 4.79 Å². The maximum absolute atomic E-state index is 12.6. The van der Waals surface area contributed by atoms with Crippen LogP contribution < -0.4 is 11.2 Å². The van der Waals surface area contributed by atoms with E-state index in [4.69, 9.17) is 0 Å². The third-order valence-corrected chi connectivity index (χ3v) is 6.45. The van der Waals surface area contributed by atoms with Crippen molar-refractivity contribution >= 4 is 28.4 Å². The van der Waals surface area contributed by atoms with Crippen LogP contribution in [0.2, 0.25) is 0 Å². The zero-order chi connectivity index (χ0) is 21.3. The van der Waals surface area contributed by atoms with Crippen LogP contribution in [0.15, 0.2) is 32.7 Å². The summed E-state index contributed by atoms with van der Waals surface area (Å²) in [6.45, 7) is 4.72. The fourth-order valence-corrected chi connectivity index (χ4v) is 4.58. The molecule has 160 valence electrons. The van der Waals surface area contributed by atoms with Gasteiger partial charge in [-0.15, -0.1) is 0 Å². The van der Waals surface area contributed by atoms with Crippen LogP contribution in [0.25, 0.3) is 11.2 Å². The molecule has 4 rings (SSSR count). The summed E-state index contributed by atoms with van der Waals surface area (Å²) in [7, 11) is 3.06. The zero-order valence-corrected chi connectivity index (χ0v) is 18.1. The normalized spacial score (nSPS) is 15.2. The molecule has 0 radical (unpaired) electrons. The Hall–Kier alpha value is -2.72. The highest BCUT2D eigenvalue weighted by Gasteiger charge is 2.21. The van der Waals surface area contributed by atoms with E-state index in [2.05, 4.69) is 26.7 Å².